The summed E-state index contributed by atoms with van der Waals surface area (Å²) in [4.78, 5) is 13.9. The predicted octanol–water partition coefficient (Wildman–Crippen LogP) is 1.70. The van der Waals surface area contributed by atoms with Crippen molar-refractivity contribution in [1.82, 2.24) is 10.2 Å². The second kappa shape index (κ2) is 8.06. The molecule has 1 aromatic rings. The van der Waals surface area contributed by atoms with Gasteiger partial charge in [-0.1, -0.05) is 17.7 Å². The van der Waals surface area contributed by atoms with E-state index < -0.39 is 6.04 Å². The minimum atomic E-state index is -0.615. The minimum Gasteiger partial charge on any atom is -0.376 e. The Labute approximate surface area is 140 Å². The molecule has 0 aromatic heterocycles. The van der Waals surface area contributed by atoms with Gasteiger partial charge in [-0.3, -0.25) is 9.69 Å². The normalized spacial score (nSPS) is 21.7. The van der Waals surface area contributed by atoms with Gasteiger partial charge in [0.2, 0.25) is 5.91 Å². The van der Waals surface area contributed by atoms with E-state index in [1.54, 1.807) is 19.1 Å². The third-order valence-electron chi connectivity index (χ3n) is 3.93. The maximum absolute atomic E-state index is 14.4. The number of rotatable bonds is 5. The predicted molar refractivity (Wildman–Crippen MR) is 87.8 cm³/mol. The molecular weight excluding hydrogens is 321 g/mol. The highest BCUT2D eigenvalue weighted by molar-refractivity contribution is 6.31. The van der Waals surface area contributed by atoms with Gasteiger partial charge >= 0.3 is 0 Å². The number of carbonyl (C=O) groups is 1. The first kappa shape index (κ1) is 18.1. The van der Waals surface area contributed by atoms with Crippen LogP contribution in [0.1, 0.15) is 25.5 Å². The number of benzene rings is 1. The molecule has 1 amide bonds. The van der Waals surface area contributed by atoms with Gasteiger partial charge in [0.15, 0.2) is 0 Å². The van der Waals surface area contributed by atoms with E-state index in [2.05, 4.69) is 10.2 Å². The Balaban J connectivity index is 2.25. The Kier molecular flexibility index (Phi) is 6.35. The van der Waals surface area contributed by atoms with Crippen LogP contribution in [0.15, 0.2) is 18.2 Å². The van der Waals surface area contributed by atoms with Crippen molar-refractivity contribution in [2.45, 2.75) is 32.0 Å². The standard InChI is InChI=1S/C16H23ClFN3O2/c1-10-9-21(6-7-23-10)14(8-20-16(22)11(2)19)15-12(17)4-3-5-13(15)18/h3-5,10-11,14H,6-9,19H2,1-2H3,(H,20,22)/t10-,11+,14-/m1/s1. The van der Waals surface area contributed by atoms with E-state index in [0.717, 1.165) is 0 Å². The Morgan fingerprint density at radius 1 is 1.61 bits per heavy atom. The van der Waals surface area contributed by atoms with E-state index in [9.17, 15) is 9.18 Å². The Morgan fingerprint density at radius 3 is 2.96 bits per heavy atom. The van der Waals surface area contributed by atoms with Crippen LogP contribution < -0.4 is 11.1 Å². The van der Waals surface area contributed by atoms with Gasteiger partial charge in [-0.15, -0.1) is 0 Å². The van der Waals surface area contributed by atoms with Crippen LogP contribution in [-0.2, 0) is 9.53 Å². The topological polar surface area (TPSA) is 67.6 Å². The molecule has 0 unspecified atom stereocenters. The van der Waals surface area contributed by atoms with Crippen molar-refractivity contribution in [1.29, 1.82) is 0 Å². The zero-order valence-corrected chi connectivity index (χ0v) is 14.1. The summed E-state index contributed by atoms with van der Waals surface area (Å²) in [5.74, 6) is -0.652. The Bertz CT molecular complexity index is 536. The van der Waals surface area contributed by atoms with E-state index >= 15 is 0 Å². The molecule has 1 heterocycles. The second-order valence-electron chi connectivity index (χ2n) is 5.86. The number of hydrogen-bond donors (Lipinski definition) is 2. The summed E-state index contributed by atoms with van der Waals surface area (Å²) in [6.45, 7) is 5.67. The molecule has 128 valence electrons. The van der Waals surface area contributed by atoms with Crippen molar-refractivity contribution in [3.05, 3.63) is 34.6 Å². The Hall–Kier alpha value is -1.21. The van der Waals surface area contributed by atoms with Crippen LogP contribution in [0.25, 0.3) is 0 Å². The first-order valence-electron chi connectivity index (χ1n) is 7.73. The number of nitrogens with zero attached hydrogens (tertiary/aromatic N) is 1. The van der Waals surface area contributed by atoms with E-state index in [-0.39, 0.29) is 30.4 Å². The maximum Gasteiger partial charge on any atom is 0.236 e. The molecule has 1 aliphatic heterocycles. The molecule has 1 aliphatic rings. The van der Waals surface area contributed by atoms with Gasteiger partial charge in [-0.25, -0.2) is 4.39 Å². The summed E-state index contributed by atoms with van der Waals surface area (Å²) in [7, 11) is 0. The van der Waals surface area contributed by atoms with Crippen molar-refractivity contribution in [2.24, 2.45) is 5.73 Å². The summed E-state index contributed by atoms with van der Waals surface area (Å²) in [5, 5.41) is 3.13. The number of nitrogens with two attached hydrogens (primary N) is 1. The minimum absolute atomic E-state index is 0.0425. The molecule has 3 atom stereocenters. The number of ether oxygens (including phenoxy) is 1. The highest BCUT2D eigenvalue weighted by atomic mass is 35.5. The molecule has 0 saturated carbocycles. The molecule has 23 heavy (non-hydrogen) atoms. The van der Waals surface area contributed by atoms with Gasteiger partial charge in [0.05, 0.1) is 24.8 Å². The first-order chi connectivity index (χ1) is 10.9. The van der Waals surface area contributed by atoms with E-state index in [1.165, 1.54) is 6.07 Å². The third-order valence-corrected chi connectivity index (χ3v) is 4.26. The average molecular weight is 344 g/mol. The van der Waals surface area contributed by atoms with Crippen LogP contribution in [0.5, 0.6) is 0 Å². The first-order valence-corrected chi connectivity index (χ1v) is 8.10. The molecular formula is C16H23ClFN3O2. The van der Waals surface area contributed by atoms with Gasteiger partial charge in [0.1, 0.15) is 5.82 Å². The van der Waals surface area contributed by atoms with E-state index in [4.69, 9.17) is 22.1 Å². The van der Waals surface area contributed by atoms with E-state index in [0.29, 0.717) is 30.3 Å². The SMILES string of the molecule is C[C@@H]1CN([C@H](CNC(=O)[C@H](C)N)c2c(F)cccc2Cl)CCO1. The lowest BCUT2D eigenvalue weighted by molar-refractivity contribution is -0.122. The average Bonchev–Trinajstić information content (AvgIpc) is 2.49. The van der Waals surface area contributed by atoms with Crippen LogP contribution >= 0.6 is 11.6 Å². The van der Waals surface area contributed by atoms with Gasteiger partial charge in [-0.2, -0.15) is 0 Å². The summed E-state index contributed by atoms with van der Waals surface area (Å²) in [6, 6.07) is 3.63. The number of hydrogen-bond acceptors (Lipinski definition) is 4. The van der Waals surface area contributed by atoms with Crippen LogP contribution in [0.4, 0.5) is 4.39 Å². The molecule has 0 spiro atoms. The molecule has 1 aromatic carbocycles. The molecule has 1 fully saturated rings. The molecule has 1 saturated heterocycles. The fourth-order valence-corrected chi connectivity index (χ4v) is 3.02. The van der Waals surface area contributed by atoms with E-state index in [1.807, 2.05) is 6.92 Å². The Morgan fingerprint density at radius 2 is 2.35 bits per heavy atom. The van der Waals surface area contributed by atoms with Crippen LogP contribution in [0.3, 0.4) is 0 Å². The van der Waals surface area contributed by atoms with Crippen LogP contribution in [0.2, 0.25) is 5.02 Å². The maximum atomic E-state index is 14.4. The highest BCUT2D eigenvalue weighted by Crippen LogP contribution is 2.31. The number of nitrogens with one attached hydrogen (secondary N) is 1. The zero-order chi connectivity index (χ0) is 17.0. The fraction of sp³-hybridized carbons (Fsp3) is 0.562. The lowest BCUT2D eigenvalue weighted by Gasteiger charge is -2.38. The van der Waals surface area contributed by atoms with Crippen molar-refractivity contribution in [3.8, 4) is 0 Å². The van der Waals surface area contributed by atoms with Crippen molar-refractivity contribution in [2.75, 3.05) is 26.2 Å². The summed E-state index contributed by atoms with van der Waals surface area (Å²) < 4.78 is 19.9. The van der Waals surface area contributed by atoms with Crippen molar-refractivity contribution < 1.29 is 13.9 Å². The van der Waals surface area contributed by atoms with Crippen LogP contribution in [0, 0.1) is 5.82 Å². The monoisotopic (exact) mass is 343 g/mol. The summed E-state index contributed by atoms with van der Waals surface area (Å²) in [5.41, 5.74) is 5.97. The third kappa shape index (κ3) is 4.64. The molecule has 0 radical (unpaired) electrons. The number of morpholine rings is 1. The number of amides is 1. The largest absolute Gasteiger partial charge is 0.376 e. The quantitative estimate of drug-likeness (QED) is 0.854. The van der Waals surface area contributed by atoms with Crippen LogP contribution in [-0.4, -0.2) is 49.2 Å². The van der Waals surface area contributed by atoms with Gasteiger partial charge < -0.3 is 15.8 Å². The molecule has 2 rings (SSSR count). The number of carbonyl (C=O) groups excluding carboxylic acids is 1. The second-order valence-corrected chi connectivity index (χ2v) is 6.27. The van der Waals surface area contributed by atoms with Gasteiger partial charge in [0, 0.05) is 30.2 Å². The molecule has 7 heteroatoms. The molecule has 0 aliphatic carbocycles. The smallest absolute Gasteiger partial charge is 0.236 e. The highest BCUT2D eigenvalue weighted by Gasteiger charge is 2.29. The summed E-state index contributed by atoms with van der Waals surface area (Å²) in [6.07, 6.45) is 0.0425. The fourth-order valence-electron chi connectivity index (χ4n) is 2.73. The molecule has 3 N–H and O–H groups in total. The van der Waals surface area contributed by atoms with Crippen molar-refractivity contribution >= 4 is 17.5 Å². The van der Waals surface area contributed by atoms with Gasteiger partial charge in [0.25, 0.3) is 0 Å². The lowest BCUT2D eigenvalue weighted by Crippen LogP contribution is -2.48. The zero-order valence-electron chi connectivity index (χ0n) is 13.4. The molecule has 5 nitrogen and oxygen atoms in total. The summed E-state index contributed by atoms with van der Waals surface area (Å²) >= 11 is 6.22. The molecule has 0 bridgehead atoms. The lowest BCUT2D eigenvalue weighted by atomic mass is 10.0. The van der Waals surface area contributed by atoms with Crippen molar-refractivity contribution in [3.63, 3.8) is 0 Å². The number of halogens is 2. The van der Waals surface area contributed by atoms with Gasteiger partial charge in [-0.05, 0) is 26.0 Å².